The van der Waals surface area contributed by atoms with Gasteiger partial charge in [0.15, 0.2) is 4.90 Å². The molecule has 7 nitrogen and oxygen atoms in total. The average Bonchev–Trinajstić information content (AvgIpc) is 2.91. The first-order valence-electron chi connectivity index (χ1n) is 5.87. The van der Waals surface area contributed by atoms with E-state index in [1.54, 1.807) is 0 Å². The Morgan fingerprint density at radius 1 is 1.40 bits per heavy atom. The lowest BCUT2D eigenvalue weighted by Gasteiger charge is -2.22. The minimum Gasteiger partial charge on any atom is -0.315 e. The molecular weight excluding hydrogens is 306 g/mol. The maximum atomic E-state index is 12.4. The van der Waals surface area contributed by atoms with Crippen LogP contribution in [-0.2, 0) is 10.0 Å². The van der Waals surface area contributed by atoms with Crippen LogP contribution in [0.5, 0.6) is 0 Å². The summed E-state index contributed by atoms with van der Waals surface area (Å²) in [6.45, 7) is 1.32. The summed E-state index contributed by atoms with van der Waals surface area (Å²) in [6, 6.07) is 5.25. The molecule has 0 spiro atoms. The number of para-hydroxylation sites is 1. The van der Waals surface area contributed by atoms with Gasteiger partial charge in [0.1, 0.15) is 0 Å². The molecule has 1 aliphatic heterocycles. The van der Waals surface area contributed by atoms with Crippen molar-refractivity contribution in [3.8, 4) is 0 Å². The quantitative estimate of drug-likeness (QED) is 0.659. The van der Waals surface area contributed by atoms with Crippen molar-refractivity contribution in [2.75, 3.05) is 20.1 Å². The summed E-state index contributed by atoms with van der Waals surface area (Å²) in [6.07, 6.45) is 0.705. The molecule has 0 radical (unpaired) electrons. The number of hydrogen-bond acceptors (Lipinski definition) is 5. The molecule has 1 aromatic carbocycles. The first-order valence-corrected chi connectivity index (χ1v) is 7.31. The zero-order valence-corrected chi connectivity index (χ0v) is 12.5. The number of hydrogen-bond donors (Lipinski definition) is 1. The Bertz CT molecular complexity index is 587. The lowest BCUT2D eigenvalue weighted by molar-refractivity contribution is -0.387. The van der Waals surface area contributed by atoms with Gasteiger partial charge in [0.05, 0.1) is 4.92 Å². The maximum absolute atomic E-state index is 12.4. The largest absolute Gasteiger partial charge is 0.315 e. The molecule has 1 aromatic rings. The summed E-state index contributed by atoms with van der Waals surface area (Å²) in [5.74, 6) is 0. The molecule has 0 bridgehead atoms. The summed E-state index contributed by atoms with van der Waals surface area (Å²) in [5.41, 5.74) is -0.389. The summed E-state index contributed by atoms with van der Waals surface area (Å²) in [7, 11) is -2.38. The van der Waals surface area contributed by atoms with Crippen molar-refractivity contribution in [1.29, 1.82) is 0 Å². The fourth-order valence-electron chi connectivity index (χ4n) is 2.13. The molecule has 20 heavy (non-hydrogen) atoms. The average molecular weight is 322 g/mol. The number of nitro benzene ring substituents is 1. The molecule has 2 rings (SSSR count). The minimum absolute atomic E-state index is 0. The van der Waals surface area contributed by atoms with E-state index in [1.807, 2.05) is 0 Å². The Labute approximate surface area is 123 Å². The number of nitrogens with one attached hydrogen (secondary N) is 1. The van der Waals surface area contributed by atoms with Crippen molar-refractivity contribution in [3.63, 3.8) is 0 Å². The minimum atomic E-state index is -3.85. The monoisotopic (exact) mass is 321 g/mol. The van der Waals surface area contributed by atoms with Crippen LogP contribution in [0, 0.1) is 10.1 Å². The van der Waals surface area contributed by atoms with E-state index in [-0.39, 0.29) is 29.0 Å². The first kappa shape index (κ1) is 16.8. The van der Waals surface area contributed by atoms with Crippen LogP contribution >= 0.6 is 12.4 Å². The highest BCUT2D eigenvalue weighted by Gasteiger charge is 2.34. The third-order valence-electron chi connectivity index (χ3n) is 3.27. The van der Waals surface area contributed by atoms with Gasteiger partial charge in [-0.15, -0.1) is 12.4 Å². The molecule has 0 aliphatic carbocycles. The fraction of sp³-hybridized carbons (Fsp3) is 0.455. The lowest BCUT2D eigenvalue weighted by atomic mass is 10.3. The lowest BCUT2D eigenvalue weighted by Crippen LogP contribution is -2.38. The molecule has 1 N–H and O–H groups in total. The van der Waals surface area contributed by atoms with E-state index in [0.717, 1.165) is 6.54 Å². The highest BCUT2D eigenvalue weighted by atomic mass is 35.5. The van der Waals surface area contributed by atoms with Gasteiger partial charge in [-0.25, -0.2) is 8.42 Å². The predicted octanol–water partition coefficient (Wildman–Crippen LogP) is 0.999. The zero-order chi connectivity index (χ0) is 14.0. The van der Waals surface area contributed by atoms with Gasteiger partial charge in [0, 0.05) is 25.7 Å². The molecule has 1 aliphatic rings. The van der Waals surface area contributed by atoms with E-state index in [2.05, 4.69) is 5.32 Å². The van der Waals surface area contributed by atoms with Gasteiger partial charge < -0.3 is 5.32 Å². The Hall–Kier alpha value is -1.22. The van der Waals surface area contributed by atoms with Gasteiger partial charge in [0.2, 0.25) is 10.0 Å². The number of halogens is 1. The van der Waals surface area contributed by atoms with Gasteiger partial charge in [-0.05, 0) is 19.0 Å². The van der Waals surface area contributed by atoms with Crippen molar-refractivity contribution >= 4 is 28.1 Å². The molecule has 0 amide bonds. The number of nitro groups is 1. The van der Waals surface area contributed by atoms with Crippen LogP contribution in [0.4, 0.5) is 5.69 Å². The van der Waals surface area contributed by atoms with E-state index < -0.39 is 14.9 Å². The van der Waals surface area contributed by atoms with Crippen molar-refractivity contribution in [2.45, 2.75) is 17.4 Å². The van der Waals surface area contributed by atoms with Crippen molar-refractivity contribution in [1.82, 2.24) is 9.62 Å². The smallest absolute Gasteiger partial charge is 0.289 e. The van der Waals surface area contributed by atoms with Crippen LogP contribution in [0.15, 0.2) is 29.2 Å². The maximum Gasteiger partial charge on any atom is 0.289 e. The second-order valence-corrected chi connectivity index (χ2v) is 6.36. The number of nitrogens with zero attached hydrogens (tertiary/aromatic N) is 2. The predicted molar refractivity (Wildman–Crippen MR) is 76.6 cm³/mol. The third kappa shape index (κ3) is 3.09. The van der Waals surface area contributed by atoms with Gasteiger partial charge in [-0.2, -0.15) is 4.31 Å². The number of sulfonamides is 1. The van der Waals surface area contributed by atoms with Gasteiger partial charge in [-0.3, -0.25) is 10.1 Å². The zero-order valence-electron chi connectivity index (χ0n) is 10.9. The van der Waals surface area contributed by atoms with E-state index >= 15 is 0 Å². The van der Waals surface area contributed by atoms with Gasteiger partial charge in [-0.1, -0.05) is 12.1 Å². The second-order valence-electron chi connectivity index (χ2n) is 4.39. The second kappa shape index (κ2) is 6.49. The van der Waals surface area contributed by atoms with E-state index in [0.29, 0.717) is 13.0 Å². The molecule has 112 valence electrons. The SMILES string of the molecule is CN(C1CCNC1)S(=O)(=O)c1ccccc1[N+](=O)[O-].Cl. The molecular formula is C11H16ClN3O4S. The molecule has 1 unspecified atom stereocenters. The molecule has 9 heteroatoms. The Balaban J connectivity index is 0.00000200. The molecule has 1 heterocycles. The molecule has 1 fully saturated rings. The summed E-state index contributed by atoms with van der Waals surface area (Å²) in [5, 5.41) is 14.0. The van der Waals surface area contributed by atoms with Crippen LogP contribution in [0.3, 0.4) is 0 Å². The number of rotatable bonds is 4. The first-order chi connectivity index (χ1) is 8.94. The van der Waals surface area contributed by atoms with Crippen LogP contribution in [0.2, 0.25) is 0 Å². The van der Waals surface area contributed by atoms with E-state index in [1.165, 1.54) is 35.6 Å². The Morgan fingerprint density at radius 2 is 2.05 bits per heavy atom. The normalized spacial score (nSPS) is 18.8. The van der Waals surface area contributed by atoms with E-state index in [4.69, 9.17) is 0 Å². The molecule has 1 saturated heterocycles. The Morgan fingerprint density at radius 3 is 2.60 bits per heavy atom. The topological polar surface area (TPSA) is 92.6 Å². The molecule has 0 aromatic heterocycles. The van der Waals surface area contributed by atoms with Crippen molar-refractivity contribution in [3.05, 3.63) is 34.4 Å². The van der Waals surface area contributed by atoms with Crippen molar-refractivity contribution in [2.24, 2.45) is 0 Å². The summed E-state index contributed by atoms with van der Waals surface area (Å²) < 4.78 is 26.1. The number of likely N-dealkylation sites (N-methyl/N-ethyl adjacent to an activating group) is 1. The highest BCUT2D eigenvalue weighted by molar-refractivity contribution is 7.89. The van der Waals surface area contributed by atoms with Crippen LogP contribution in [0.25, 0.3) is 0 Å². The molecule has 1 atom stereocenters. The van der Waals surface area contributed by atoms with Gasteiger partial charge in [0.25, 0.3) is 5.69 Å². The van der Waals surface area contributed by atoms with Crippen LogP contribution in [-0.4, -0.2) is 43.8 Å². The van der Waals surface area contributed by atoms with Crippen LogP contribution in [0.1, 0.15) is 6.42 Å². The van der Waals surface area contributed by atoms with E-state index in [9.17, 15) is 18.5 Å². The highest BCUT2D eigenvalue weighted by Crippen LogP contribution is 2.27. The fourth-order valence-corrected chi connectivity index (χ4v) is 3.67. The van der Waals surface area contributed by atoms with Crippen LogP contribution < -0.4 is 5.32 Å². The molecule has 0 saturated carbocycles. The van der Waals surface area contributed by atoms with Gasteiger partial charge >= 0.3 is 0 Å². The van der Waals surface area contributed by atoms with Crippen molar-refractivity contribution < 1.29 is 13.3 Å². The summed E-state index contributed by atoms with van der Waals surface area (Å²) >= 11 is 0. The standard InChI is InChI=1S/C11H15N3O4S.ClH/c1-13(9-6-7-12-8-9)19(17,18)11-5-3-2-4-10(11)14(15)16;/h2-5,9,12H,6-8H2,1H3;1H. The third-order valence-corrected chi connectivity index (χ3v) is 5.22. The Kier molecular flexibility index (Phi) is 5.46. The number of benzene rings is 1. The summed E-state index contributed by atoms with van der Waals surface area (Å²) in [4.78, 5) is 9.99.